The van der Waals surface area contributed by atoms with E-state index < -0.39 is 34.2 Å². The topological polar surface area (TPSA) is 137 Å². The first kappa shape index (κ1) is 33.9. The van der Waals surface area contributed by atoms with Crippen molar-refractivity contribution in [3.63, 3.8) is 0 Å². The molecule has 0 saturated carbocycles. The van der Waals surface area contributed by atoms with E-state index in [0.29, 0.717) is 29.8 Å². The zero-order valence-corrected chi connectivity index (χ0v) is 27.5. The largest absolute Gasteiger partial charge is 0.507 e. The van der Waals surface area contributed by atoms with E-state index in [-0.39, 0.29) is 41.3 Å². The van der Waals surface area contributed by atoms with Crippen molar-refractivity contribution in [1.82, 2.24) is 29.6 Å². The lowest BCUT2D eigenvalue weighted by Crippen LogP contribution is -2.44. The smallest absolute Gasteiger partial charge is 0.416 e. The molecule has 3 aliphatic heterocycles. The number of carbonyl (C=O) groups is 2. The monoisotopic (exact) mass is 688 g/mol. The van der Waals surface area contributed by atoms with Gasteiger partial charge >= 0.3 is 6.18 Å². The maximum absolute atomic E-state index is 14.1. The molecule has 3 aromatic rings. The lowest BCUT2D eigenvalue weighted by atomic mass is 9.77. The van der Waals surface area contributed by atoms with Gasteiger partial charge in [0.2, 0.25) is 15.9 Å². The van der Waals surface area contributed by atoms with Crippen molar-refractivity contribution in [2.75, 3.05) is 39.0 Å². The van der Waals surface area contributed by atoms with Crippen molar-refractivity contribution >= 4 is 21.8 Å². The molecule has 15 heteroatoms. The number of sulfonamides is 1. The maximum Gasteiger partial charge on any atom is 0.416 e. The van der Waals surface area contributed by atoms with E-state index >= 15 is 0 Å². The molecular weight excluding hydrogens is 649 g/mol. The second-order valence-electron chi connectivity index (χ2n) is 12.9. The molecule has 48 heavy (non-hydrogen) atoms. The second-order valence-corrected chi connectivity index (χ2v) is 14.9. The van der Waals surface area contributed by atoms with E-state index in [0.717, 1.165) is 69.9 Å². The highest BCUT2D eigenvalue weighted by atomic mass is 32.2. The lowest BCUT2D eigenvalue weighted by Gasteiger charge is -2.37. The van der Waals surface area contributed by atoms with Crippen LogP contribution in [0.1, 0.15) is 58.4 Å². The first-order valence-corrected chi connectivity index (χ1v) is 17.9. The molecule has 0 aliphatic carbocycles. The zero-order chi connectivity index (χ0) is 34.3. The van der Waals surface area contributed by atoms with Crippen LogP contribution in [0, 0.1) is 5.41 Å². The summed E-state index contributed by atoms with van der Waals surface area (Å²) in [6.45, 7) is 3.56. The number of phenols is 1. The van der Waals surface area contributed by atoms with Gasteiger partial charge in [-0.3, -0.25) is 14.3 Å². The van der Waals surface area contributed by atoms with Gasteiger partial charge in [-0.25, -0.2) is 8.42 Å². The number of hydrogen-bond acceptors (Lipinski definition) is 7. The molecular formula is C33H39F3N6O5S. The Morgan fingerprint density at radius 2 is 1.83 bits per heavy atom. The van der Waals surface area contributed by atoms with Gasteiger partial charge in [0.1, 0.15) is 5.75 Å². The predicted octanol–water partition coefficient (Wildman–Crippen LogP) is 3.51. The average Bonchev–Trinajstić information content (AvgIpc) is 3.59. The number of piperidine rings is 1. The second kappa shape index (κ2) is 13.2. The molecule has 1 aromatic heterocycles. The van der Waals surface area contributed by atoms with Crippen LogP contribution in [0.2, 0.25) is 0 Å². The molecule has 0 atom stereocenters. The fourth-order valence-electron chi connectivity index (χ4n) is 7.11. The van der Waals surface area contributed by atoms with Crippen molar-refractivity contribution in [3.05, 3.63) is 70.4 Å². The van der Waals surface area contributed by atoms with Crippen LogP contribution in [-0.2, 0) is 47.0 Å². The van der Waals surface area contributed by atoms with E-state index in [9.17, 15) is 36.3 Å². The number of rotatable bonds is 9. The molecule has 258 valence electrons. The zero-order valence-electron chi connectivity index (χ0n) is 26.6. The number of phenolic OH excluding ortho intramolecular Hbond substituents is 1. The number of aromatic nitrogens is 2. The highest BCUT2D eigenvalue weighted by Gasteiger charge is 2.44. The summed E-state index contributed by atoms with van der Waals surface area (Å²) >= 11 is 0. The van der Waals surface area contributed by atoms with Gasteiger partial charge in [0.25, 0.3) is 5.91 Å². The minimum Gasteiger partial charge on any atom is -0.507 e. The highest BCUT2D eigenvalue weighted by molar-refractivity contribution is 7.88. The number of para-hydroxylation sites is 1. The van der Waals surface area contributed by atoms with Crippen LogP contribution < -0.4 is 10.6 Å². The molecule has 3 N–H and O–H groups in total. The number of nitrogens with zero attached hydrogens (tertiary/aromatic N) is 4. The van der Waals surface area contributed by atoms with Crippen molar-refractivity contribution in [2.45, 2.75) is 57.9 Å². The first-order valence-electron chi connectivity index (χ1n) is 16.1. The summed E-state index contributed by atoms with van der Waals surface area (Å²) < 4.78 is 70.4. The summed E-state index contributed by atoms with van der Waals surface area (Å²) in [5, 5.41) is 20.3. The summed E-state index contributed by atoms with van der Waals surface area (Å²) in [7, 11) is -3.54. The van der Waals surface area contributed by atoms with Crippen molar-refractivity contribution in [3.8, 4) is 17.0 Å². The fraction of sp³-hybridized carbons (Fsp3) is 0.485. The number of benzene rings is 2. The van der Waals surface area contributed by atoms with E-state index in [2.05, 4.69) is 15.5 Å². The van der Waals surface area contributed by atoms with Gasteiger partial charge < -0.3 is 20.6 Å². The summed E-state index contributed by atoms with van der Waals surface area (Å²) in [6, 6.07) is 9.36. The van der Waals surface area contributed by atoms with Crippen LogP contribution in [-0.4, -0.2) is 83.3 Å². The number of fused-ring (bicyclic) bond motifs is 1. The average molecular weight is 689 g/mol. The molecule has 3 aliphatic rings. The minimum absolute atomic E-state index is 0.0418. The third-order valence-corrected chi connectivity index (χ3v) is 11.1. The molecule has 2 saturated heterocycles. The van der Waals surface area contributed by atoms with Crippen LogP contribution in [0.5, 0.6) is 5.75 Å². The molecule has 2 amide bonds. The van der Waals surface area contributed by atoms with E-state index in [4.69, 9.17) is 5.10 Å². The van der Waals surface area contributed by atoms with E-state index in [1.807, 2.05) is 4.68 Å². The number of carbonyl (C=O) groups excluding carboxylic acids is 2. The van der Waals surface area contributed by atoms with Gasteiger partial charge in [0, 0.05) is 56.0 Å². The Hall–Kier alpha value is -3.95. The lowest BCUT2D eigenvalue weighted by molar-refractivity contribution is -0.138. The number of alkyl halides is 3. The molecule has 6 rings (SSSR count). The van der Waals surface area contributed by atoms with Crippen LogP contribution in [0.3, 0.4) is 0 Å². The fourth-order valence-corrected chi connectivity index (χ4v) is 7.89. The third kappa shape index (κ3) is 6.94. The van der Waals surface area contributed by atoms with E-state index in [1.54, 1.807) is 0 Å². The Morgan fingerprint density at radius 3 is 2.50 bits per heavy atom. The summed E-state index contributed by atoms with van der Waals surface area (Å²) in [5.41, 5.74) is 0.829. The third-order valence-electron chi connectivity index (χ3n) is 9.87. The first-order chi connectivity index (χ1) is 22.7. The number of amides is 2. The maximum atomic E-state index is 14.1. The Kier molecular flexibility index (Phi) is 9.30. The van der Waals surface area contributed by atoms with Crippen molar-refractivity contribution < 1.29 is 36.3 Å². The van der Waals surface area contributed by atoms with Gasteiger partial charge in [-0.2, -0.15) is 22.6 Å². The predicted molar refractivity (Wildman–Crippen MR) is 171 cm³/mol. The normalized spacial score (nSPS) is 18.5. The number of hydrogen-bond donors (Lipinski definition) is 3. The van der Waals surface area contributed by atoms with Crippen LogP contribution in [0.4, 0.5) is 13.2 Å². The molecule has 2 aromatic carbocycles. The molecule has 4 heterocycles. The van der Waals surface area contributed by atoms with Gasteiger partial charge in [-0.15, -0.1) is 0 Å². The number of likely N-dealkylation sites (tertiary alicyclic amines) is 1. The Labute approximate surface area is 277 Å². The van der Waals surface area contributed by atoms with Crippen molar-refractivity contribution in [1.29, 1.82) is 0 Å². The Balaban J connectivity index is 1.24. The minimum atomic E-state index is -4.70. The molecule has 0 unspecified atom stereocenters. The van der Waals surface area contributed by atoms with Gasteiger partial charge in [0.05, 0.1) is 28.5 Å². The summed E-state index contributed by atoms with van der Waals surface area (Å²) in [4.78, 5) is 27.4. The highest BCUT2D eigenvalue weighted by Crippen LogP contribution is 2.39. The Morgan fingerprint density at radius 1 is 1.08 bits per heavy atom. The van der Waals surface area contributed by atoms with Crippen molar-refractivity contribution in [2.24, 2.45) is 5.41 Å². The van der Waals surface area contributed by atoms with Gasteiger partial charge in [0.15, 0.2) is 0 Å². The van der Waals surface area contributed by atoms with Crippen LogP contribution in [0.25, 0.3) is 11.3 Å². The molecule has 0 bridgehead atoms. The Bertz CT molecular complexity index is 1820. The molecule has 11 nitrogen and oxygen atoms in total. The number of nitrogens with one attached hydrogen (secondary N) is 2. The quantitative estimate of drug-likeness (QED) is 0.313. The van der Waals surface area contributed by atoms with Crippen LogP contribution in [0.15, 0.2) is 42.5 Å². The van der Waals surface area contributed by atoms with Gasteiger partial charge in [-0.1, -0.05) is 18.2 Å². The standard InChI is InChI=1S/C33H39F3N6O5S/c1-48(46,47)41-16-9-27-25(21-41)29(39-42(27)15-4-14-40-17-11-32(12-18-40)10-13-37-31(32)45)22-7-8-26(33(34,35)36)23(19-22)20-38-30(44)24-5-2-3-6-28(24)43/h2-3,5-8,19,43H,4,9-18,20-21H2,1H3,(H,37,45)(H,38,44). The molecule has 0 radical (unpaired) electrons. The molecule has 2 fully saturated rings. The number of halogens is 3. The number of aromatic hydroxyl groups is 1. The molecule has 1 spiro atoms. The SMILES string of the molecule is CS(=O)(=O)N1CCc2c(c(-c3ccc(C(F)(F)F)c(CNC(=O)c4ccccc4O)c3)nn2CCCN2CCC3(CCNC3=O)CC2)C1. The van der Waals surface area contributed by atoms with E-state index in [1.165, 1.54) is 40.7 Å². The van der Waals surface area contributed by atoms with Crippen LogP contribution >= 0.6 is 0 Å². The van der Waals surface area contributed by atoms with Gasteiger partial charge in [-0.05, 0) is 75.1 Å². The number of aryl methyl sites for hydroxylation is 1. The summed E-state index contributed by atoms with van der Waals surface area (Å²) in [5.74, 6) is -0.865. The summed E-state index contributed by atoms with van der Waals surface area (Å²) in [6.07, 6.45) is 0.106.